The smallest absolute Gasteiger partial charge is 0.251 e. The molecular weight excluding hydrogens is 362 g/mol. The third-order valence-electron chi connectivity index (χ3n) is 5.75. The van der Waals surface area contributed by atoms with Crippen molar-refractivity contribution in [1.82, 2.24) is 0 Å². The molecule has 0 saturated carbocycles. The van der Waals surface area contributed by atoms with Crippen LogP contribution in [0.1, 0.15) is 36.5 Å². The minimum atomic E-state index is -1.36. The first kappa shape index (κ1) is 18.8. The van der Waals surface area contributed by atoms with Crippen molar-refractivity contribution in [3.8, 4) is 0 Å². The van der Waals surface area contributed by atoms with Gasteiger partial charge in [-0.05, 0) is 36.6 Å². The van der Waals surface area contributed by atoms with Gasteiger partial charge in [-0.2, -0.15) is 0 Å². The fraction of sp³-hybridized carbons (Fsp3) is 0.160. The summed E-state index contributed by atoms with van der Waals surface area (Å²) in [6.45, 7) is 3.00. The molecule has 0 saturated heterocycles. The number of imide groups is 1. The molecule has 0 radical (unpaired) electrons. The number of hydrogen-bond acceptors (Lipinski definition) is 3. The fourth-order valence-electron chi connectivity index (χ4n) is 4.00. The lowest BCUT2D eigenvalue weighted by Crippen LogP contribution is -2.47. The molecule has 4 rings (SSSR count). The van der Waals surface area contributed by atoms with Gasteiger partial charge < -0.3 is 0 Å². The Balaban J connectivity index is 1.88. The zero-order valence-electron chi connectivity index (χ0n) is 16.3. The van der Waals surface area contributed by atoms with Crippen LogP contribution in [0.25, 0.3) is 0 Å². The number of hydrogen-bond donors (Lipinski definition) is 0. The highest BCUT2D eigenvalue weighted by Crippen LogP contribution is 2.44. The van der Waals surface area contributed by atoms with Crippen LogP contribution in [-0.2, 0) is 19.8 Å². The molecule has 0 aliphatic carbocycles. The molecule has 1 aliphatic heterocycles. The molecular formula is C25H21NO3. The van der Waals surface area contributed by atoms with Gasteiger partial charge in [-0.3, -0.25) is 14.4 Å². The highest BCUT2D eigenvalue weighted by Gasteiger charge is 2.53. The van der Waals surface area contributed by atoms with E-state index in [1.807, 2.05) is 60.7 Å². The van der Waals surface area contributed by atoms with Crippen molar-refractivity contribution in [2.45, 2.75) is 25.2 Å². The Hall–Kier alpha value is -3.53. The van der Waals surface area contributed by atoms with Gasteiger partial charge in [-0.1, -0.05) is 78.9 Å². The number of anilines is 1. The first-order valence-electron chi connectivity index (χ1n) is 9.55. The van der Waals surface area contributed by atoms with Crippen LogP contribution in [0.2, 0.25) is 0 Å². The molecule has 1 heterocycles. The molecule has 0 aromatic heterocycles. The molecule has 144 valence electrons. The summed E-state index contributed by atoms with van der Waals surface area (Å²) in [5.41, 5.74) is 1.29. The number of carbonyl (C=O) groups excluding carboxylic acids is 3. The second kappa shape index (κ2) is 7.13. The van der Waals surface area contributed by atoms with E-state index in [1.54, 1.807) is 31.2 Å². The Labute approximate surface area is 169 Å². The van der Waals surface area contributed by atoms with E-state index in [9.17, 15) is 14.4 Å². The molecule has 0 N–H and O–H groups in total. The van der Waals surface area contributed by atoms with E-state index in [2.05, 4.69) is 0 Å². The minimum Gasteiger partial charge on any atom is -0.298 e. The van der Waals surface area contributed by atoms with Crippen LogP contribution in [0.3, 0.4) is 0 Å². The lowest BCUT2D eigenvalue weighted by molar-refractivity contribution is -0.134. The highest BCUT2D eigenvalue weighted by atomic mass is 16.2. The van der Waals surface area contributed by atoms with Crippen LogP contribution in [0.15, 0.2) is 84.9 Å². The highest BCUT2D eigenvalue weighted by molar-refractivity contribution is 6.31. The molecule has 3 aromatic rings. The van der Waals surface area contributed by atoms with E-state index in [-0.39, 0.29) is 11.7 Å². The number of ketones is 1. The summed E-state index contributed by atoms with van der Waals surface area (Å²) in [6.07, 6.45) is 0. The molecule has 3 aromatic carbocycles. The maximum atomic E-state index is 13.8. The van der Waals surface area contributed by atoms with Crippen molar-refractivity contribution in [2.24, 2.45) is 0 Å². The largest absolute Gasteiger partial charge is 0.298 e. The number of amides is 2. The van der Waals surface area contributed by atoms with E-state index in [4.69, 9.17) is 0 Å². The van der Waals surface area contributed by atoms with Gasteiger partial charge in [0.05, 0.1) is 11.6 Å². The van der Waals surface area contributed by atoms with E-state index >= 15 is 0 Å². The Morgan fingerprint density at radius 3 is 1.79 bits per heavy atom. The summed E-state index contributed by atoms with van der Waals surface area (Å²) in [7, 11) is 0. The molecule has 0 fully saturated rings. The van der Waals surface area contributed by atoms with Gasteiger partial charge in [0, 0.05) is 0 Å². The van der Waals surface area contributed by atoms with Crippen LogP contribution in [-0.4, -0.2) is 17.6 Å². The molecule has 0 unspecified atom stereocenters. The molecule has 0 spiro atoms. The van der Waals surface area contributed by atoms with Gasteiger partial charge >= 0.3 is 0 Å². The fourth-order valence-corrected chi connectivity index (χ4v) is 4.00. The summed E-state index contributed by atoms with van der Waals surface area (Å²) in [4.78, 5) is 40.9. The number of rotatable bonds is 4. The number of nitrogens with zero attached hydrogens (tertiary/aromatic N) is 1. The van der Waals surface area contributed by atoms with Crippen molar-refractivity contribution in [1.29, 1.82) is 0 Å². The Kier molecular flexibility index (Phi) is 4.63. The minimum absolute atomic E-state index is 0.277. The van der Waals surface area contributed by atoms with Crippen LogP contribution < -0.4 is 4.90 Å². The SMILES string of the molecule is CC(=O)[C@@]1(C)C(=O)N(C(=O)C(c2ccccc2)c2ccccc2)c2ccccc21. The van der Waals surface area contributed by atoms with Crippen molar-refractivity contribution in [3.63, 3.8) is 0 Å². The maximum Gasteiger partial charge on any atom is 0.251 e. The molecule has 1 atom stereocenters. The molecule has 0 bridgehead atoms. The zero-order valence-corrected chi connectivity index (χ0v) is 16.3. The average molecular weight is 383 g/mol. The number of Topliss-reactive ketones (excluding diaryl/α,β-unsaturated/α-hetero) is 1. The number of benzene rings is 3. The van der Waals surface area contributed by atoms with Crippen LogP contribution in [0.5, 0.6) is 0 Å². The predicted molar refractivity (Wildman–Crippen MR) is 112 cm³/mol. The molecule has 4 nitrogen and oxygen atoms in total. The van der Waals surface area contributed by atoms with Crippen LogP contribution in [0, 0.1) is 0 Å². The second-order valence-corrected chi connectivity index (χ2v) is 7.43. The Morgan fingerprint density at radius 2 is 1.28 bits per heavy atom. The number of carbonyl (C=O) groups is 3. The molecule has 1 aliphatic rings. The van der Waals surface area contributed by atoms with Gasteiger partial charge in [0.2, 0.25) is 5.91 Å². The Bertz CT molecular complexity index is 1050. The van der Waals surface area contributed by atoms with Gasteiger partial charge in [0.15, 0.2) is 0 Å². The molecule has 29 heavy (non-hydrogen) atoms. The monoisotopic (exact) mass is 383 g/mol. The molecule has 4 heteroatoms. The predicted octanol–water partition coefficient (Wildman–Crippen LogP) is 4.24. The third kappa shape index (κ3) is 2.88. The standard InChI is InChI=1S/C25H21NO3/c1-17(27)25(2)20-15-9-10-16-21(20)26(24(25)29)23(28)22(18-11-5-3-6-12-18)19-13-7-4-8-14-19/h3-16,22H,1-2H3/t25-/m1/s1. The van der Waals surface area contributed by atoms with E-state index in [1.165, 1.54) is 11.8 Å². The van der Waals surface area contributed by atoms with Crippen molar-refractivity contribution in [2.75, 3.05) is 4.90 Å². The van der Waals surface area contributed by atoms with Gasteiger partial charge in [-0.15, -0.1) is 0 Å². The first-order valence-corrected chi connectivity index (χ1v) is 9.55. The summed E-state index contributed by atoms with van der Waals surface area (Å²) in [5.74, 6) is -1.78. The number of para-hydroxylation sites is 1. The topological polar surface area (TPSA) is 54.5 Å². The third-order valence-corrected chi connectivity index (χ3v) is 5.75. The van der Waals surface area contributed by atoms with Gasteiger partial charge in [-0.25, -0.2) is 4.90 Å². The summed E-state index contributed by atoms with van der Waals surface area (Å²) >= 11 is 0. The van der Waals surface area contributed by atoms with E-state index in [0.29, 0.717) is 11.3 Å². The van der Waals surface area contributed by atoms with E-state index < -0.39 is 17.2 Å². The number of fused-ring (bicyclic) bond motifs is 1. The normalized spacial score (nSPS) is 18.0. The maximum absolute atomic E-state index is 13.8. The van der Waals surface area contributed by atoms with Crippen molar-refractivity contribution < 1.29 is 14.4 Å². The van der Waals surface area contributed by atoms with Gasteiger partial charge in [0.1, 0.15) is 11.2 Å². The second-order valence-electron chi connectivity index (χ2n) is 7.43. The summed E-state index contributed by atoms with van der Waals surface area (Å²) in [5, 5.41) is 0. The van der Waals surface area contributed by atoms with Crippen LogP contribution >= 0.6 is 0 Å². The lowest BCUT2D eigenvalue weighted by Gasteiger charge is -2.25. The summed E-state index contributed by atoms with van der Waals surface area (Å²) in [6, 6.07) is 25.8. The first-order chi connectivity index (χ1) is 14.0. The van der Waals surface area contributed by atoms with Gasteiger partial charge in [0.25, 0.3) is 5.91 Å². The summed E-state index contributed by atoms with van der Waals surface area (Å²) < 4.78 is 0. The quantitative estimate of drug-likeness (QED) is 0.633. The Morgan fingerprint density at radius 1 is 0.793 bits per heavy atom. The van der Waals surface area contributed by atoms with E-state index in [0.717, 1.165) is 11.1 Å². The zero-order chi connectivity index (χ0) is 20.6. The van der Waals surface area contributed by atoms with Crippen molar-refractivity contribution in [3.05, 3.63) is 102 Å². The average Bonchev–Trinajstić information content (AvgIpc) is 2.98. The van der Waals surface area contributed by atoms with Crippen molar-refractivity contribution >= 4 is 23.3 Å². The molecule has 2 amide bonds. The van der Waals surface area contributed by atoms with Crippen LogP contribution in [0.4, 0.5) is 5.69 Å². The lowest BCUT2D eigenvalue weighted by atomic mass is 9.80.